The summed E-state index contributed by atoms with van der Waals surface area (Å²) in [5.74, 6) is 3.62. The molecule has 5 heteroatoms. The van der Waals surface area contributed by atoms with E-state index in [1.54, 1.807) is 16.7 Å². The molecule has 0 aromatic heterocycles. The van der Waals surface area contributed by atoms with Gasteiger partial charge in [-0.2, -0.15) is 0 Å². The molecule has 0 saturated heterocycles. The summed E-state index contributed by atoms with van der Waals surface area (Å²) in [5.41, 5.74) is 10.3. The van der Waals surface area contributed by atoms with Crippen LogP contribution in [0.25, 0.3) is 0 Å². The number of hydrogen-bond donors (Lipinski definition) is 0. The Hall–Kier alpha value is -1.82. The van der Waals surface area contributed by atoms with Crippen molar-refractivity contribution in [2.24, 2.45) is 23.2 Å². The average molecular weight is 585 g/mol. The summed E-state index contributed by atoms with van der Waals surface area (Å²) in [7, 11) is 4.21. The van der Waals surface area contributed by atoms with Gasteiger partial charge in [0.05, 0.1) is 7.11 Å². The quantitative estimate of drug-likeness (QED) is 0.257. The molecule has 0 spiro atoms. The first-order valence-electron chi connectivity index (χ1n) is 17.0. The third-order valence-corrected chi connectivity index (χ3v) is 14.3. The zero-order valence-corrected chi connectivity index (χ0v) is 27.6. The summed E-state index contributed by atoms with van der Waals surface area (Å²) in [5, 5.41) is 0. The van der Waals surface area contributed by atoms with Crippen molar-refractivity contribution in [3.05, 3.63) is 63.0 Å². The molecule has 4 nitrogen and oxygen atoms in total. The zero-order valence-electron chi connectivity index (χ0n) is 26.6. The second-order valence-corrected chi connectivity index (χ2v) is 20.2. The Morgan fingerprint density at radius 2 is 1.40 bits per heavy atom. The van der Waals surface area contributed by atoms with Crippen LogP contribution in [0.15, 0.2) is 51.8 Å². The van der Waals surface area contributed by atoms with Crippen molar-refractivity contribution in [2.75, 3.05) is 21.3 Å². The molecular weight excluding hydrogens is 536 g/mol. The van der Waals surface area contributed by atoms with E-state index in [0.717, 1.165) is 5.75 Å². The van der Waals surface area contributed by atoms with E-state index in [9.17, 15) is 0 Å². The summed E-state index contributed by atoms with van der Waals surface area (Å²) < 4.78 is 27.5. The molecule has 4 bridgehead atoms. The van der Waals surface area contributed by atoms with Gasteiger partial charge in [0.15, 0.2) is 0 Å². The van der Waals surface area contributed by atoms with Crippen molar-refractivity contribution < 1.29 is 18.6 Å². The monoisotopic (exact) mass is 584 g/mol. The van der Waals surface area contributed by atoms with E-state index >= 15 is 0 Å². The van der Waals surface area contributed by atoms with Crippen LogP contribution in [0.5, 0.6) is 5.75 Å². The van der Waals surface area contributed by atoms with Crippen molar-refractivity contribution >= 4 is 8.32 Å². The molecule has 0 N–H and O–H groups in total. The number of ether oxygens (including phenoxy) is 3. The lowest BCUT2D eigenvalue weighted by Gasteiger charge is -2.50. The highest BCUT2D eigenvalue weighted by Gasteiger charge is 2.86. The van der Waals surface area contributed by atoms with Gasteiger partial charge in [0.2, 0.25) is 8.32 Å². The summed E-state index contributed by atoms with van der Waals surface area (Å²) in [6.07, 6.45) is 15.1. The maximum absolute atomic E-state index is 7.18. The SMILES string of the molecule is COC1=C2C(=C3CCCC[C@@H]31)[C@@]13CCCCC1[C@]2(OC)C1=C3[C@@]23CCCCC2[C@]1(OC)c1ccc(O[Si](C)(C)C)cc13. The maximum Gasteiger partial charge on any atom is 0.242 e. The van der Waals surface area contributed by atoms with Crippen LogP contribution in [0.1, 0.15) is 88.2 Å². The molecule has 7 atom stereocenters. The van der Waals surface area contributed by atoms with Crippen molar-refractivity contribution in [2.45, 2.75) is 113 Å². The molecule has 1 aromatic carbocycles. The van der Waals surface area contributed by atoms with E-state index in [-0.39, 0.29) is 10.8 Å². The molecule has 4 saturated carbocycles. The first kappa shape index (κ1) is 26.6. The predicted octanol–water partition coefficient (Wildman–Crippen LogP) is 8.48. The van der Waals surface area contributed by atoms with E-state index in [4.69, 9.17) is 18.6 Å². The molecule has 0 radical (unpaired) electrons. The molecular formula is C37H48O4Si. The fourth-order valence-corrected chi connectivity index (χ4v) is 13.7. The van der Waals surface area contributed by atoms with Gasteiger partial charge >= 0.3 is 0 Å². The van der Waals surface area contributed by atoms with Crippen LogP contribution in [0.3, 0.4) is 0 Å². The second kappa shape index (κ2) is 8.25. The molecule has 42 heavy (non-hydrogen) atoms. The van der Waals surface area contributed by atoms with Crippen LogP contribution in [-0.4, -0.2) is 35.2 Å². The number of allylic oxidation sites excluding steroid dienone is 2. The first-order chi connectivity index (χ1) is 20.3. The van der Waals surface area contributed by atoms with E-state index in [0.29, 0.717) is 17.8 Å². The number of rotatable bonds is 5. The van der Waals surface area contributed by atoms with Gasteiger partial charge in [-0.15, -0.1) is 0 Å². The Morgan fingerprint density at radius 3 is 2.10 bits per heavy atom. The fraction of sp³-hybridized carbons (Fsp3) is 0.676. The molecule has 0 aliphatic heterocycles. The second-order valence-electron chi connectivity index (χ2n) is 15.7. The molecule has 9 rings (SSSR count). The highest BCUT2D eigenvalue weighted by Crippen LogP contribution is 2.88. The average Bonchev–Trinajstić information content (AvgIpc) is 3.70. The van der Waals surface area contributed by atoms with Crippen LogP contribution in [0.2, 0.25) is 19.6 Å². The highest BCUT2D eigenvalue weighted by molar-refractivity contribution is 6.70. The van der Waals surface area contributed by atoms with Crippen LogP contribution < -0.4 is 4.43 Å². The molecule has 1 aromatic rings. The van der Waals surface area contributed by atoms with Gasteiger partial charge < -0.3 is 18.6 Å². The van der Waals surface area contributed by atoms with Gasteiger partial charge in [0.25, 0.3) is 0 Å². The smallest absolute Gasteiger partial charge is 0.242 e. The maximum atomic E-state index is 7.18. The molecule has 4 fully saturated rings. The summed E-state index contributed by atoms with van der Waals surface area (Å²) in [6, 6.07) is 7.12. The van der Waals surface area contributed by atoms with Crippen molar-refractivity contribution in [1.82, 2.24) is 0 Å². The number of fused-ring (bicyclic) bond motifs is 7. The largest absolute Gasteiger partial charge is 0.544 e. The summed E-state index contributed by atoms with van der Waals surface area (Å²) in [6.45, 7) is 6.89. The number of methoxy groups -OCH3 is 3. The van der Waals surface area contributed by atoms with E-state index in [1.807, 2.05) is 21.3 Å². The third kappa shape index (κ3) is 2.57. The lowest BCUT2D eigenvalue weighted by Crippen LogP contribution is -2.51. The summed E-state index contributed by atoms with van der Waals surface area (Å²) >= 11 is 0. The van der Waals surface area contributed by atoms with Gasteiger partial charge in [0.1, 0.15) is 22.7 Å². The Morgan fingerprint density at radius 1 is 0.714 bits per heavy atom. The first-order valence-corrected chi connectivity index (χ1v) is 20.4. The van der Waals surface area contributed by atoms with Crippen molar-refractivity contribution in [3.63, 3.8) is 0 Å². The van der Waals surface area contributed by atoms with Crippen LogP contribution in [-0.2, 0) is 25.2 Å². The number of benzene rings is 1. The van der Waals surface area contributed by atoms with Crippen molar-refractivity contribution in [1.29, 1.82) is 0 Å². The van der Waals surface area contributed by atoms with Gasteiger partial charge in [-0.25, -0.2) is 0 Å². The van der Waals surface area contributed by atoms with Crippen LogP contribution in [0.4, 0.5) is 0 Å². The molecule has 224 valence electrons. The zero-order chi connectivity index (χ0) is 28.9. The number of hydrogen-bond acceptors (Lipinski definition) is 4. The van der Waals surface area contributed by atoms with E-state index in [2.05, 4.69) is 37.8 Å². The Balaban J connectivity index is 1.40. The standard InChI is InChI=1S/C37H48O4Si/c1-38-31-24-14-8-7-13-23(24)29-30(31)37(40-3)28-16-10-12-20-35(28,29)32-33(37)36(39-2)25-18-17-22(41-42(4,5)6)21-26(25)34(32)19-11-9-15-27(34)36/h17-18,21,24,27-28H,7-16,19-20H2,1-6H3/t24-,27?,28?,34+,35+,36+,37+/m0/s1. The minimum absolute atomic E-state index is 0.00663. The molecule has 2 unspecified atom stereocenters. The minimum Gasteiger partial charge on any atom is -0.544 e. The van der Waals surface area contributed by atoms with Gasteiger partial charge in [0, 0.05) is 53.9 Å². The molecule has 8 aliphatic rings. The predicted molar refractivity (Wildman–Crippen MR) is 167 cm³/mol. The molecule has 8 aliphatic carbocycles. The lowest BCUT2D eigenvalue weighted by atomic mass is 9.52. The lowest BCUT2D eigenvalue weighted by molar-refractivity contribution is -0.0884. The Kier molecular flexibility index (Phi) is 5.22. The Bertz CT molecular complexity index is 1510. The van der Waals surface area contributed by atoms with Crippen molar-refractivity contribution in [3.8, 4) is 5.75 Å². The van der Waals surface area contributed by atoms with E-state index in [1.165, 1.54) is 105 Å². The molecule has 0 heterocycles. The summed E-state index contributed by atoms with van der Waals surface area (Å²) in [4.78, 5) is 0. The van der Waals surface area contributed by atoms with Gasteiger partial charge in [-0.05, 0) is 99.0 Å². The third-order valence-electron chi connectivity index (χ3n) is 13.4. The normalized spacial score (nSPS) is 42.4. The molecule has 0 amide bonds. The van der Waals surface area contributed by atoms with E-state index < -0.39 is 19.5 Å². The highest BCUT2D eigenvalue weighted by atomic mass is 28.4. The minimum atomic E-state index is -1.75. The topological polar surface area (TPSA) is 36.9 Å². The Labute approximate surface area is 253 Å². The van der Waals surface area contributed by atoms with Gasteiger partial charge in [-0.3, -0.25) is 0 Å². The fourth-order valence-electron chi connectivity index (χ4n) is 12.9. The van der Waals surface area contributed by atoms with Crippen LogP contribution >= 0.6 is 0 Å². The van der Waals surface area contributed by atoms with Gasteiger partial charge in [-0.1, -0.05) is 43.7 Å². The van der Waals surface area contributed by atoms with Crippen LogP contribution in [0, 0.1) is 23.2 Å².